The van der Waals surface area contributed by atoms with Crippen LogP contribution in [0.15, 0.2) is 48.5 Å². The Hall–Kier alpha value is -1.36. The Balaban J connectivity index is 1.98. The van der Waals surface area contributed by atoms with Crippen LogP contribution >= 0.6 is 22.6 Å². The first kappa shape index (κ1) is 12.7. The molecule has 2 aromatic rings. The van der Waals surface area contributed by atoms with Crippen LogP contribution in [0.3, 0.4) is 0 Å². The molecule has 1 aliphatic rings. The standard InChI is InChI=1S/C16H14INO/c17-14-8-9-15-13(11-14)7-4-10-18(15)16(19)12-5-2-1-3-6-12/h1-3,5-6,8-9,11H,4,7,10H2. The molecule has 0 N–H and O–H groups in total. The summed E-state index contributed by atoms with van der Waals surface area (Å²) in [6, 6.07) is 15.8. The lowest BCUT2D eigenvalue weighted by molar-refractivity contribution is 0.0985. The van der Waals surface area contributed by atoms with Crippen LogP contribution < -0.4 is 4.90 Å². The number of anilines is 1. The summed E-state index contributed by atoms with van der Waals surface area (Å²) < 4.78 is 1.23. The van der Waals surface area contributed by atoms with Gasteiger partial charge in [-0.2, -0.15) is 0 Å². The van der Waals surface area contributed by atoms with Gasteiger partial charge in [0.05, 0.1) is 0 Å². The molecule has 0 atom stereocenters. The Bertz CT molecular complexity index is 609. The molecule has 0 radical (unpaired) electrons. The van der Waals surface area contributed by atoms with Gasteiger partial charge >= 0.3 is 0 Å². The lowest BCUT2D eigenvalue weighted by atomic mass is 10.0. The minimum atomic E-state index is 0.0998. The van der Waals surface area contributed by atoms with E-state index in [2.05, 4.69) is 40.8 Å². The smallest absolute Gasteiger partial charge is 0.258 e. The van der Waals surface area contributed by atoms with Crippen molar-refractivity contribution in [1.82, 2.24) is 0 Å². The molecule has 1 heterocycles. The molecular formula is C16H14INO. The fourth-order valence-corrected chi connectivity index (χ4v) is 3.07. The van der Waals surface area contributed by atoms with E-state index in [1.165, 1.54) is 9.13 Å². The first-order valence-corrected chi connectivity index (χ1v) is 7.49. The predicted molar refractivity (Wildman–Crippen MR) is 85.6 cm³/mol. The summed E-state index contributed by atoms with van der Waals surface area (Å²) in [7, 11) is 0. The number of carbonyl (C=O) groups excluding carboxylic acids is 1. The van der Waals surface area contributed by atoms with E-state index in [1.54, 1.807) is 0 Å². The van der Waals surface area contributed by atoms with Crippen molar-refractivity contribution in [2.24, 2.45) is 0 Å². The van der Waals surface area contributed by atoms with E-state index >= 15 is 0 Å². The summed E-state index contributed by atoms with van der Waals surface area (Å²) in [4.78, 5) is 14.5. The largest absolute Gasteiger partial charge is 0.308 e. The van der Waals surface area contributed by atoms with Gasteiger partial charge in [0, 0.05) is 21.4 Å². The number of benzene rings is 2. The van der Waals surface area contributed by atoms with Crippen molar-refractivity contribution >= 4 is 34.2 Å². The van der Waals surface area contributed by atoms with Crippen molar-refractivity contribution < 1.29 is 4.79 Å². The zero-order valence-electron chi connectivity index (χ0n) is 10.5. The third kappa shape index (κ3) is 2.52. The lowest BCUT2D eigenvalue weighted by Crippen LogP contribution is -2.35. The average Bonchev–Trinajstić information content (AvgIpc) is 2.46. The number of hydrogen-bond donors (Lipinski definition) is 0. The molecule has 0 spiro atoms. The second-order valence-electron chi connectivity index (χ2n) is 4.70. The van der Waals surface area contributed by atoms with Crippen molar-refractivity contribution in [2.75, 3.05) is 11.4 Å². The molecule has 3 heteroatoms. The Morgan fingerprint density at radius 1 is 1.11 bits per heavy atom. The predicted octanol–water partition coefficient (Wildman–Crippen LogP) is 3.88. The van der Waals surface area contributed by atoms with Gasteiger partial charge in [-0.15, -0.1) is 0 Å². The van der Waals surface area contributed by atoms with Crippen molar-refractivity contribution in [3.8, 4) is 0 Å². The Morgan fingerprint density at radius 3 is 2.68 bits per heavy atom. The van der Waals surface area contributed by atoms with Crippen LogP contribution in [0, 0.1) is 3.57 Å². The van der Waals surface area contributed by atoms with Crippen LogP contribution in [0.4, 0.5) is 5.69 Å². The Labute approximate surface area is 126 Å². The van der Waals surface area contributed by atoms with Gasteiger partial charge in [0.15, 0.2) is 0 Å². The normalized spacial score (nSPS) is 14.1. The molecule has 2 aromatic carbocycles. The topological polar surface area (TPSA) is 20.3 Å². The third-order valence-corrected chi connectivity index (χ3v) is 4.10. The number of hydrogen-bond acceptors (Lipinski definition) is 1. The highest BCUT2D eigenvalue weighted by Crippen LogP contribution is 2.29. The van der Waals surface area contributed by atoms with E-state index < -0.39 is 0 Å². The summed E-state index contributed by atoms with van der Waals surface area (Å²) in [6.07, 6.45) is 2.09. The van der Waals surface area contributed by atoms with Crippen LogP contribution in [0.5, 0.6) is 0 Å². The van der Waals surface area contributed by atoms with Gasteiger partial charge in [-0.25, -0.2) is 0 Å². The van der Waals surface area contributed by atoms with Crippen molar-refractivity contribution in [3.05, 3.63) is 63.2 Å². The lowest BCUT2D eigenvalue weighted by Gasteiger charge is -2.29. The number of amides is 1. The van der Waals surface area contributed by atoms with Gasteiger partial charge in [-0.05, 0) is 71.3 Å². The highest BCUT2D eigenvalue weighted by atomic mass is 127. The highest BCUT2D eigenvalue weighted by Gasteiger charge is 2.23. The van der Waals surface area contributed by atoms with Gasteiger partial charge in [0.2, 0.25) is 0 Å². The number of fused-ring (bicyclic) bond motifs is 1. The minimum absolute atomic E-state index is 0.0998. The van der Waals surface area contributed by atoms with Crippen LogP contribution in [0.1, 0.15) is 22.3 Å². The first-order chi connectivity index (χ1) is 9.25. The molecule has 0 fully saturated rings. The number of rotatable bonds is 1. The number of aryl methyl sites for hydroxylation is 1. The summed E-state index contributed by atoms with van der Waals surface area (Å²) in [5.74, 6) is 0.0998. The summed E-state index contributed by atoms with van der Waals surface area (Å²) >= 11 is 2.32. The van der Waals surface area contributed by atoms with E-state index in [1.807, 2.05) is 35.2 Å². The average molecular weight is 363 g/mol. The second-order valence-corrected chi connectivity index (χ2v) is 5.95. The fourth-order valence-electron chi connectivity index (χ4n) is 2.51. The van der Waals surface area contributed by atoms with Crippen molar-refractivity contribution in [3.63, 3.8) is 0 Å². The SMILES string of the molecule is O=C(c1ccccc1)N1CCCc2cc(I)ccc21. The van der Waals surface area contributed by atoms with Gasteiger partial charge in [-0.3, -0.25) is 4.79 Å². The third-order valence-electron chi connectivity index (χ3n) is 3.43. The zero-order valence-corrected chi connectivity index (χ0v) is 12.6. The van der Waals surface area contributed by atoms with Crippen LogP contribution in [0.2, 0.25) is 0 Å². The van der Waals surface area contributed by atoms with E-state index in [0.717, 1.165) is 30.6 Å². The zero-order chi connectivity index (χ0) is 13.2. The van der Waals surface area contributed by atoms with Crippen LogP contribution in [-0.4, -0.2) is 12.5 Å². The maximum absolute atomic E-state index is 12.6. The van der Waals surface area contributed by atoms with E-state index in [9.17, 15) is 4.79 Å². The Morgan fingerprint density at radius 2 is 1.89 bits per heavy atom. The monoisotopic (exact) mass is 363 g/mol. The van der Waals surface area contributed by atoms with Crippen LogP contribution in [-0.2, 0) is 6.42 Å². The number of carbonyl (C=O) groups is 1. The summed E-state index contributed by atoms with van der Waals surface area (Å²) in [5.41, 5.74) is 3.11. The summed E-state index contributed by atoms with van der Waals surface area (Å²) in [5, 5.41) is 0. The quantitative estimate of drug-likeness (QED) is 0.705. The number of nitrogens with zero attached hydrogens (tertiary/aromatic N) is 1. The molecule has 0 aromatic heterocycles. The van der Waals surface area contributed by atoms with E-state index in [0.29, 0.717) is 0 Å². The van der Waals surface area contributed by atoms with Crippen molar-refractivity contribution in [2.45, 2.75) is 12.8 Å². The minimum Gasteiger partial charge on any atom is -0.308 e. The molecule has 1 amide bonds. The number of halogens is 1. The molecule has 0 unspecified atom stereocenters. The Kier molecular flexibility index (Phi) is 3.55. The van der Waals surface area contributed by atoms with E-state index in [4.69, 9.17) is 0 Å². The highest BCUT2D eigenvalue weighted by molar-refractivity contribution is 14.1. The van der Waals surface area contributed by atoms with Gasteiger partial charge < -0.3 is 4.90 Å². The van der Waals surface area contributed by atoms with Gasteiger partial charge in [0.1, 0.15) is 0 Å². The molecule has 1 aliphatic heterocycles. The van der Waals surface area contributed by atoms with Crippen LogP contribution in [0.25, 0.3) is 0 Å². The molecule has 96 valence electrons. The molecule has 0 bridgehead atoms. The summed E-state index contributed by atoms with van der Waals surface area (Å²) in [6.45, 7) is 0.807. The maximum atomic E-state index is 12.6. The van der Waals surface area contributed by atoms with Gasteiger partial charge in [0.25, 0.3) is 5.91 Å². The fraction of sp³-hybridized carbons (Fsp3) is 0.188. The molecule has 0 saturated carbocycles. The molecular weight excluding hydrogens is 349 g/mol. The molecule has 0 saturated heterocycles. The maximum Gasteiger partial charge on any atom is 0.258 e. The molecule has 2 nitrogen and oxygen atoms in total. The molecule has 0 aliphatic carbocycles. The molecule has 19 heavy (non-hydrogen) atoms. The van der Waals surface area contributed by atoms with Gasteiger partial charge in [-0.1, -0.05) is 18.2 Å². The van der Waals surface area contributed by atoms with Crippen molar-refractivity contribution in [1.29, 1.82) is 0 Å². The molecule has 3 rings (SSSR count). The van der Waals surface area contributed by atoms with E-state index in [-0.39, 0.29) is 5.91 Å². The second kappa shape index (κ2) is 5.33. The first-order valence-electron chi connectivity index (χ1n) is 6.41.